The SMILES string of the molecule is [CH]1[CH]CC[CH][CH]CC1.[Cl-].[Rh+2]. The van der Waals surface area contributed by atoms with Gasteiger partial charge in [0.05, 0.1) is 0 Å². The van der Waals surface area contributed by atoms with Crippen LogP contribution in [0.15, 0.2) is 0 Å². The summed E-state index contributed by atoms with van der Waals surface area (Å²) in [6.07, 6.45) is 14.0. The minimum atomic E-state index is 0. The summed E-state index contributed by atoms with van der Waals surface area (Å²) in [6.45, 7) is 0. The van der Waals surface area contributed by atoms with E-state index < -0.39 is 0 Å². The summed E-state index contributed by atoms with van der Waals surface area (Å²) in [5.41, 5.74) is 0. The number of rotatable bonds is 0. The standard InChI is InChI=1S/C8H12.ClH.Rh/c1-2-4-6-8-7-5-3-1;;/h1-2,7-8H,3-6H2;1H;/q;;+2/p-1. The number of hydrogen-bond donors (Lipinski definition) is 0. The van der Waals surface area contributed by atoms with E-state index in [1.807, 2.05) is 0 Å². The second-order valence-electron chi connectivity index (χ2n) is 2.10. The molecule has 1 saturated carbocycles. The van der Waals surface area contributed by atoms with Crippen molar-refractivity contribution in [2.75, 3.05) is 0 Å². The molecule has 0 spiro atoms. The first-order chi connectivity index (χ1) is 4.00. The maximum Gasteiger partial charge on any atom is 2.00 e. The molecule has 1 aliphatic rings. The van der Waals surface area contributed by atoms with Gasteiger partial charge in [-0.3, -0.25) is 0 Å². The van der Waals surface area contributed by atoms with E-state index in [-0.39, 0.29) is 31.9 Å². The molecule has 0 aromatic carbocycles. The second-order valence-corrected chi connectivity index (χ2v) is 2.10. The Bertz CT molecular complexity index is 33.2. The molecule has 0 amide bonds. The molecule has 0 unspecified atom stereocenters. The first kappa shape index (κ1) is 13.5. The average molecular weight is 247 g/mol. The molecular weight excluding hydrogens is 234 g/mol. The topological polar surface area (TPSA) is 0 Å². The van der Waals surface area contributed by atoms with Gasteiger partial charge in [-0.2, -0.15) is 0 Å². The fourth-order valence-corrected chi connectivity index (χ4v) is 0.856. The van der Waals surface area contributed by atoms with E-state index in [0.717, 1.165) is 0 Å². The number of halogens is 1. The Kier molecular flexibility index (Phi) is 13.4. The van der Waals surface area contributed by atoms with Crippen molar-refractivity contribution in [1.29, 1.82) is 0 Å². The molecule has 1 aliphatic carbocycles. The fraction of sp³-hybridized carbons (Fsp3) is 0.500. The van der Waals surface area contributed by atoms with E-state index in [1.54, 1.807) is 0 Å². The van der Waals surface area contributed by atoms with Crippen LogP contribution >= 0.6 is 0 Å². The summed E-state index contributed by atoms with van der Waals surface area (Å²) in [6, 6.07) is 0. The van der Waals surface area contributed by atoms with Crippen LogP contribution in [0.2, 0.25) is 0 Å². The molecule has 0 N–H and O–H groups in total. The minimum Gasteiger partial charge on any atom is -1.00 e. The van der Waals surface area contributed by atoms with Gasteiger partial charge in [-0.25, -0.2) is 0 Å². The molecule has 0 bridgehead atoms. The maximum absolute atomic E-state index is 2.27. The van der Waals surface area contributed by atoms with Crippen LogP contribution in [-0.2, 0) is 19.5 Å². The van der Waals surface area contributed by atoms with Crippen molar-refractivity contribution in [3.63, 3.8) is 0 Å². The molecule has 2 heteroatoms. The Balaban J connectivity index is 0. The number of hydrogen-bond acceptors (Lipinski definition) is 0. The zero-order valence-corrected chi connectivity index (χ0v) is 8.24. The van der Waals surface area contributed by atoms with E-state index in [0.29, 0.717) is 0 Å². The third-order valence-corrected chi connectivity index (χ3v) is 1.33. The summed E-state index contributed by atoms with van der Waals surface area (Å²) < 4.78 is 0. The molecule has 0 aromatic rings. The molecule has 10 heavy (non-hydrogen) atoms. The summed E-state index contributed by atoms with van der Waals surface area (Å²) in [4.78, 5) is 0. The largest absolute Gasteiger partial charge is 2.00 e. The third kappa shape index (κ3) is 7.03. The van der Waals surface area contributed by atoms with E-state index in [4.69, 9.17) is 0 Å². The molecule has 0 aliphatic heterocycles. The van der Waals surface area contributed by atoms with Crippen molar-refractivity contribution in [3.05, 3.63) is 25.7 Å². The summed E-state index contributed by atoms with van der Waals surface area (Å²) in [7, 11) is 0. The van der Waals surface area contributed by atoms with Crippen LogP contribution in [0.25, 0.3) is 0 Å². The van der Waals surface area contributed by atoms with Gasteiger partial charge in [0, 0.05) is 0 Å². The zero-order valence-electron chi connectivity index (χ0n) is 5.85. The van der Waals surface area contributed by atoms with Gasteiger partial charge in [-0.1, -0.05) is 0 Å². The van der Waals surface area contributed by atoms with E-state index in [2.05, 4.69) is 25.7 Å². The summed E-state index contributed by atoms with van der Waals surface area (Å²) in [5, 5.41) is 0. The van der Waals surface area contributed by atoms with Gasteiger partial charge < -0.3 is 12.4 Å². The van der Waals surface area contributed by atoms with Gasteiger partial charge >= 0.3 is 19.5 Å². The van der Waals surface area contributed by atoms with Crippen molar-refractivity contribution < 1.29 is 31.9 Å². The Morgan fingerprint density at radius 1 is 0.600 bits per heavy atom. The second kappa shape index (κ2) is 9.91. The van der Waals surface area contributed by atoms with Crippen molar-refractivity contribution in [2.45, 2.75) is 25.7 Å². The van der Waals surface area contributed by atoms with Crippen LogP contribution in [-0.4, -0.2) is 0 Å². The molecule has 0 aromatic heterocycles. The predicted molar refractivity (Wildman–Crippen MR) is 35.7 cm³/mol. The molecular formula is C8H12ClRh+. The average Bonchev–Trinajstić information content (AvgIpc) is 1.62. The van der Waals surface area contributed by atoms with Crippen LogP contribution in [0.5, 0.6) is 0 Å². The smallest absolute Gasteiger partial charge is 1.00 e. The fourth-order valence-electron chi connectivity index (χ4n) is 0.856. The minimum absolute atomic E-state index is 0. The summed E-state index contributed by atoms with van der Waals surface area (Å²) in [5.74, 6) is 0. The van der Waals surface area contributed by atoms with Gasteiger partial charge in [0.2, 0.25) is 0 Å². The molecule has 0 atom stereocenters. The maximum atomic E-state index is 2.27. The van der Waals surface area contributed by atoms with Crippen molar-refractivity contribution >= 4 is 0 Å². The first-order valence-electron chi connectivity index (χ1n) is 3.30. The van der Waals surface area contributed by atoms with Crippen LogP contribution < -0.4 is 12.4 Å². The van der Waals surface area contributed by atoms with Gasteiger partial charge in [-0.05, 0) is 51.4 Å². The van der Waals surface area contributed by atoms with Crippen molar-refractivity contribution in [3.8, 4) is 0 Å². The molecule has 1 fully saturated rings. The molecule has 0 heterocycles. The zero-order chi connectivity index (χ0) is 5.66. The Labute approximate surface area is 83.3 Å². The third-order valence-electron chi connectivity index (χ3n) is 1.33. The molecule has 0 nitrogen and oxygen atoms in total. The quantitative estimate of drug-likeness (QED) is 0.500. The van der Waals surface area contributed by atoms with Gasteiger partial charge in [0.25, 0.3) is 0 Å². The molecule has 5 radical (unpaired) electrons. The first-order valence-corrected chi connectivity index (χ1v) is 3.30. The molecule has 0 saturated heterocycles. The van der Waals surface area contributed by atoms with Crippen LogP contribution in [0, 0.1) is 25.7 Å². The van der Waals surface area contributed by atoms with E-state index >= 15 is 0 Å². The monoisotopic (exact) mass is 246 g/mol. The Hall–Kier alpha value is 0.913. The normalized spacial score (nSPS) is 19.2. The van der Waals surface area contributed by atoms with E-state index in [1.165, 1.54) is 25.7 Å². The van der Waals surface area contributed by atoms with Crippen LogP contribution in [0.4, 0.5) is 0 Å². The Morgan fingerprint density at radius 2 is 0.800 bits per heavy atom. The van der Waals surface area contributed by atoms with Gasteiger partial charge in [0.15, 0.2) is 0 Å². The van der Waals surface area contributed by atoms with Gasteiger partial charge in [0.1, 0.15) is 0 Å². The predicted octanol–water partition coefficient (Wildman–Crippen LogP) is -0.621. The van der Waals surface area contributed by atoms with Crippen LogP contribution in [0.1, 0.15) is 25.7 Å². The van der Waals surface area contributed by atoms with Crippen molar-refractivity contribution in [1.82, 2.24) is 0 Å². The van der Waals surface area contributed by atoms with E-state index in [9.17, 15) is 0 Å². The molecule has 1 rings (SSSR count). The van der Waals surface area contributed by atoms with Crippen LogP contribution in [0.3, 0.4) is 0 Å². The van der Waals surface area contributed by atoms with Gasteiger partial charge in [-0.15, -0.1) is 0 Å². The summed E-state index contributed by atoms with van der Waals surface area (Å²) >= 11 is 0. The molecule has 59 valence electrons. The van der Waals surface area contributed by atoms with Crippen molar-refractivity contribution in [2.24, 2.45) is 0 Å². The Morgan fingerprint density at radius 3 is 1.00 bits per heavy atom.